The van der Waals surface area contributed by atoms with Gasteiger partial charge in [-0.3, -0.25) is 0 Å². The van der Waals surface area contributed by atoms with Crippen LogP contribution in [-0.4, -0.2) is 0 Å². The van der Waals surface area contributed by atoms with Gasteiger partial charge in [-0.1, -0.05) is 66.7 Å². The third-order valence-corrected chi connectivity index (χ3v) is 5.01. The molecule has 17 heavy (non-hydrogen) atoms. The predicted octanol–water partition coefficient (Wildman–Crippen LogP) is 5.91. The van der Waals surface area contributed by atoms with Gasteiger partial charge in [-0.15, -0.1) is 0 Å². The van der Waals surface area contributed by atoms with E-state index in [1.807, 2.05) is 0 Å². The van der Waals surface area contributed by atoms with Gasteiger partial charge in [0.15, 0.2) is 0 Å². The van der Waals surface area contributed by atoms with E-state index in [1.165, 1.54) is 44.9 Å². The van der Waals surface area contributed by atoms with Crippen molar-refractivity contribution in [1.29, 1.82) is 0 Å². The fourth-order valence-electron chi connectivity index (χ4n) is 2.97. The van der Waals surface area contributed by atoms with Gasteiger partial charge in [-0.2, -0.15) is 0 Å². The van der Waals surface area contributed by atoms with E-state index in [2.05, 4.69) is 34.6 Å². The lowest BCUT2D eigenvalue weighted by molar-refractivity contribution is 0.279. The van der Waals surface area contributed by atoms with Crippen molar-refractivity contribution >= 4 is 0 Å². The van der Waals surface area contributed by atoms with Crippen LogP contribution < -0.4 is 0 Å². The molecule has 0 aliphatic heterocycles. The van der Waals surface area contributed by atoms with Crippen LogP contribution in [0, 0.1) is 29.6 Å². The SMILES string of the molecule is CC(C)C(C)C1CC1.CC(C)C1CCCCC1. The molecule has 2 aliphatic rings. The molecule has 2 aliphatic carbocycles. The van der Waals surface area contributed by atoms with Crippen LogP contribution in [0.4, 0.5) is 0 Å². The molecule has 0 amide bonds. The van der Waals surface area contributed by atoms with Crippen LogP contribution >= 0.6 is 0 Å². The highest BCUT2D eigenvalue weighted by Gasteiger charge is 2.29. The highest BCUT2D eigenvalue weighted by molar-refractivity contribution is 4.79. The summed E-state index contributed by atoms with van der Waals surface area (Å²) in [5, 5.41) is 0. The summed E-state index contributed by atoms with van der Waals surface area (Å²) in [4.78, 5) is 0. The van der Waals surface area contributed by atoms with E-state index >= 15 is 0 Å². The topological polar surface area (TPSA) is 0 Å². The maximum Gasteiger partial charge on any atom is -0.0386 e. The summed E-state index contributed by atoms with van der Waals surface area (Å²) >= 11 is 0. The zero-order chi connectivity index (χ0) is 12.8. The first-order chi connectivity index (χ1) is 8.02. The molecule has 1 unspecified atom stereocenters. The van der Waals surface area contributed by atoms with E-state index in [4.69, 9.17) is 0 Å². The Kier molecular flexibility index (Phi) is 6.59. The number of hydrogen-bond donors (Lipinski definition) is 0. The average Bonchev–Trinajstić information content (AvgIpc) is 3.14. The summed E-state index contributed by atoms with van der Waals surface area (Å²) in [7, 11) is 0. The van der Waals surface area contributed by atoms with E-state index in [9.17, 15) is 0 Å². The lowest BCUT2D eigenvalue weighted by atomic mass is 9.82. The lowest BCUT2D eigenvalue weighted by Gasteiger charge is -2.24. The Hall–Kier alpha value is 0. The maximum absolute atomic E-state index is 2.38. The van der Waals surface area contributed by atoms with Gasteiger partial charge in [0, 0.05) is 0 Å². The Morgan fingerprint density at radius 2 is 1.18 bits per heavy atom. The third kappa shape index (κ3) is 5.93. The Balaban J connectivity index is 0.000000171. The molecule has 1 atom stereocenters. The Morgan fingerprint density at radius 3 is 1.41 bits per heavy atom. The van der Waals surface area contributed by atoms with Crippen molar-refractivity contribution in [2.75, 3.05) is 0 Å². The van der Waals surface area contributed by atoms with Gasteiger partial charge < -0.3 is 0 Å². The summed E-state index contributed by atoms with van der Waals surface area (Å²) in [6.45, 7) is 11.7. The second-order valence-electron chi connectivity index (χ2n) is 7.08. The zero-order valence-corrected chi connectivity index (χ0v) is 12.8. The van der Waals surface area contributed by atoms with Gasteiger partial charge in [-0.05, 0) is 42.4 Å². The van der Waals surface area contributed by atoms with Crippen molar-refractivity contribution in [2.24, 2.45) is 29.6 Å². The molecule has 2 rings (SSSR count). The molecule has 0 nitrogen and oxygen atoms in total. The van der Waals surface area contributed by atoms with Crippen molar-refractivity contribution in [3.63, 3.8) is 0 Å². The number of rotatable bonds is 3. The standard InChI is InChI=1S/C9H18.C8H16/c1-8(2)9-6-4-3-5-7-9;1-6(2)7(3)8-4-5-8/h8-9H,3-7H2,1-2H3;6-8H,4-5H2,1-3H3. The molecule has 2 saturated carbocycles. The first-order valence-corrected chi connectivity index (χ1v) is 8.02. The summed E-state index contributed by atoms with van der Waals surface area (Å²) in [6, 6.07) is 0. The molecule has 0 aromatic heterocycles. The highest BCUT2D eigenvalue weighted by Crippen LogP contribution is 2.39. The highest BCUT2D eigenvalue weighted by atomic mass is 14.3. The average molecular weight is 238 g/mol. The smallest absolute Gasteiger partial charge is 0.0386 e. The van der Waals surface area contributed by atoms with E-state index in [1.54, 1.807) is 0 Å². The Bertz CT molecular complexity index is 180. The summed E-state index contributed by atoms with van der Waals surface area (Å²) in [6.07, 6.45) is 10.5. The molecule has 0 saturated heterocycles. The van der Waals surface area contributed by atoms with Gasteiger partial charge in [0.2, 0.25) is 0 Å². The van der Waals surface area contributed by atoms with Crippen molar-refractivity contribution < 1.29 is 0 Å². The second-order valence-corrected chi connectivity index (χ2v) is 7.08. The van der Waals surface area contributed by atoms with Gasteiger partial charge in [-0.25, -0.2) is 0 Å². The van der Waals surface area contributed by atoms with E-state index in [0.29, 0.717) is 0 Å². The minimum atomic E-state index is 0.905. The quantitative estimate of drug-likeness (QED) is 0.573. The Labute approximate surface area is 110 Å². The van der Waals surface area contributed by atoms with Crippen LogP contribution in [0.15, 0.2) is 0 Å². The molecule has 0 bridgehead atoms. The molecule has 0 aromatic carbocycles. The largest absolute Gasteiger partial charge is 0.0625 e. The molecular weight excluding hydrogens is 204 g/mol. The fraction of sp³-hybridized carbons (Fsp3) is 1.00. The normalized spacial score (nSPS) is 23.5. The maximum atomic E-state index is 2.38. The molecule has 102 valence electrons. The van der Waals surface area contributed by atoms with Gasteiger partial charge in [0.25, 0.3) is 0 Å². The van der Waals surface area contributed by atoms with E-state index < -0.39 is 0 Å². The summed E-state index contributed by atoms with van der Waals surface area (Å²) < 4.78 is 0. The van der Waals surface area contributed by atoms with Crippen molar-refractivity contribution in [1.82, 2.24) is 0 Å². The van der Waals surface area contributed by atoms with Gasteiger partial charge in [0.1, 0.15) is 0 Å². The first-order valence-electron chi connectivity index (χ1n) is 8.02. The third-order valence-electron chi connectivity index (χ3n) is 5.01. The zero-order valence-electron chi connectivity index (χ0n) is 12.8. The van der Waals surface area contributed by atoms with E-state index in [0.717, 1.165) is 29.6 Å². The molecule has 0 N–H and O–H groups in total. The second kappa shape index (κ2) is 7.44. The van der Waals surface area contributed by atoms with Crippen LogP contribution in [0.2, 0.25) is 0 Å². The van der Waals surface area contributed by atoms with Crippen LogP contribution in [0.5, 0.6) is 0 Å². The molecule has 0 heterocycles. The minimum Gasteiger partial charge on any atom is -0.0625 e. The molecule has 0 heteroatoms. The lowest BCUT2D eigenvalue weighted by Crippen LogP contribution is -2.12. The van der Waals surface area contributed by atoms with Crippen LogP contribution in [0.25, 0.3) is 0 Å². The summed E-state index contributed by atoms with van der Waals surface area (Å²) in [5.41, 5.74) is 0. The van der Waals surface area contributed by atoms with E-state index in [-0.39, 0.29) is 0 Å². The fourth-order valence-corrected chi connectivity index (χ4v) is 2.97. The molecule has 0 aromatic rings. The van der Waals surface area contributed by atoms with Crippen molar-refractivity contribution in [3.05, 3.63) is 0 Å². The first kappa shape index (κ1) is 15.1. The number of hydrogen-bond acceptors (Lipinski definition) is 0. The van der Waals surface area contributed by atoms with Gasteiger partial charge >= 0.3 is 0 Å². The molecule has 2 fully saturated rings. The van der Waals surface area contributed by atoms with Crippen LogP contribution in [0.3, 0.4) is 0 Å². The summed E-state index contributed by atoms with van der Waals surface area (Å²) in [5.74, 6) is 4.97. The van der Waals surface area contributed by atoms with Crippen molar-refractivity contribution in [2.45, 2.75) is 79.6 Å². The Morgan fingerprint density at radius 1 is 0.647 bits per heavy atom. The van der Waals surface area contributed by atoms with Crippen molar-refractivity contribution in [3.8, 4) is 0 Å². The molecule has 0 spiro atoms. The van der Waals surface area contributed by atoms with Gasteiger partial charge in [0.05, 0.1) is 0 Å². The monoisotopic (exact) mass is 238 g/mol. The molecular formula is C17H34. The van der Waals surface area contributed by atoms with Crippen LogP contribution in [-0.2, 0) is 0 Å². The predicted molar refractivity (Wildman–Crippen MR) is 78.1 cm³/mol. The molecule has 0 radical (unpaired) electrons. The minimum absolute atomic E-state index is 0.905. The van der Waals surface area contributed by atoms with Crippen LogP contribution in [0.1, 0.15) is 79.6 Å².